The number of halogens is 1. The van der Waals surface area contributed by atoms with Crippen molar-refractivity contribution in [2.45, 2.75) is 13.0 Å². The van der Waals surface area contributed by atoms with E-state index in [4.69, 9.17) is 4.74 Å². The van der Waals surface area contributed by atoms with Gasteiger partial charge in [0.25, 0.3) is 0 Å². The van der Waals surface area contributed by atoms with Crippen LogP contribution < -0.4 is 0 Å². The van der Waals surface area contributed by atoms with Crippen molar-refractivity contribution in [3.05, 3.63) is 21.9 Å². The summed E-state index contributed by atoms with van der Waals surface area (Å²) in [5.41, 5.74) is 2.61. The first kappa shape index (κ1) is 6.43. The van der Waals surface area contributed by atoms with E-state index in [9.17, 15) is 0 Å². The first-order valence-electron chi connectivity index (χ1n) is 3.30. The van der Waals surface area contributed by atoms with Gasteiger partial charge in [-0.3, -0.25) is 0 Å². The van der Waals surface area contributed by atoms with Gasteiger partial charge in [-0.05, 0) is 27.6 Å². The molecule has 54 valence electrons. The molecule has 0 radical (unpaired) electrons. The molecule has 0 aliphatic carbocycles. The molecule has 0 unspecified atom stereocenters. The smallest absolute Gasteiger partial charge is 0.0825 e. The second kappa shape index (κ2) is 2.40. The Morgan fingerprint density at radius 1 is 1.60 bits per heavy atom. The quantitative estimate of drug-likeness (QED) is 0.682. The predicted molar refractivity (Wildman–Crippen MR) is 41.9 cm³/mol. The van der Waals surface area contributed by atoms with Crippen LogP contribution in [0.5, 0.6) is 0 Å². The highest BCUT2D eigenvalue weighted by molar-refractivity contribution is 9.10. The summed E-state index contributed by atoms with van der Waals surface area (Å²) in [6, 6.07) is 2.08. The van der Waals surface area contributed by atoms with E-state index in [1.165, 1.54) is 11.3 Å². The monoisotopic (exact) mass is 201 g/mol. The molecule has 0 fully saturated rings. The molecular formula is C7H8BrNO. The van der Waals surface area contributed by atoms with Crippen LogP contribution in [0.25, 0.3) is 0 Å². The molecule has 0 saturated heterocycles. The van der Waals surface area contributed by atoms with Crippen LogP contribution in [0.4, 0.5) is 0 Å². The summed E-state index contributed by atoms with van der Waals surface area (Å²) in [6.07, 6.45) is 1.01. The van der Waals surface area contributed by atoms with Crippen molar-refractivity contribution in [3.63, 3.8) is 0 Å². The van der Waals surface area contributed by atoms with Crippen LogP contribution in [0, 0.1) is 0 Å². The molecule has 2 heterocycles. The van der Waals surface area contributed by atoms with E-state index in [0.29, 0.717) is 0 Å². The van der Waals surface area contributed by atoms with E-state index < -0.39 is 0 Å². The van der Waals surface area contributed by atoms with Gasteiger partial charge in [-0.2, -0.15) is 0 Å². The van der Waals surface area contributed by atoms with Gasteiger partial charge in [-0.15, -0.1) is 0 Å². The minimum Gasteiger partial charge on any atom is -0.376 e. The Labute approximate surface area is 67.7 Å². The fraction of sp³-hybridized carbons (Fsp3) is 0.429. The van der Waals surface area contributed by atoms with Gasteiger partial charge in [0.15, 0.2) is 0 Å². The lowest BCUT2D eigenvalue weighted by Gasteiger charge is -2.10. The molecular weight excluding hydrogens is 194 g/mol. The lowest BCUT2D eigenvalue weighted by atomic mass is 10.2. The molecule has 1 aliphatic rings. The van der Waals surface area contributed by atoms with Gasteiger partial charge >= 0.3 is 0 Å². The van der Waals surface area contributed by atoms with Gasteiger partial charge in [-0.25, -0.2) is 0 Å². The van der Waals surface area contributed by atoms with Crippen molar-refractivity contribution in [1.29, 1.82) is 0 Å². The molecule has 0 atom stereocenters. The first-order chi connectivity index (χ1) is 4.86. The van der Waals surface area contributed by atoms with Crippen molar-refractivity contribution in [1.82, 2.24) is 4.98 Å². The van der Waals surface area contributed by atoms with Crippen molar-refractivity contribution in [3.8, 4) is 0 Å². The molecule has 1 aliphatic heterocycles. The summed E-state index contributed by atoms with van der Waals surface area (Å²) in [4.78, 5) is 3.23. The van der Waals surface area contributed by atoms with Crippen LogP contribution in [0.3, 0.4) is 0 Å². The molecule has 2 nitrogen and oxygen atoms in total. The Hall–Kier alpha value is -0.280. The largest absolute Gasteiger partial charge is 0.376 e. The standard InChI is InChI=1S/C7H8BrNO/c8-7-3-5-4-10-2-1-6(5)9-7/h3,9H,1-2,4H2. The molecule has 10 heavy (non-hydrogen) atoms. The van der Waals surface area contributed by atoms with E-state index in [1.54, 1.807) is 0 Å². The minimum absolute atomic E-state index is 0.761. The van der Waals surface area contributed by atoms with E-state index in [2.05, 4.69) is 27.0 Å². The topological polar surface area (TPSA) is 25.0 Å². The number of H-pyrrole nitrogens is 1. The van der Waals surface area contributed by atoms with E-state index in [0.717, 1.165) is 24.2 Å². The highest BCUT2D eigenvalue weighted by atomic mass is 79.9. The summed E-state index contributed by atoms with van der Waals surface area (Å²) in [5, 5.41) is 0. The van der Waals surface area contributed by atoms with Crippen LogP contribution in [0.1, 0.15) is 11.3 Å². The Balaban J connectivity index is 2.41. The van der Waals surface area contributed by atoms with Crippen molar-refractivity contribution < 1.29 is 4.74 Å². The van der Waals surface area contributed by atoms with Gasteiger partial charge in [-0.1, -0.05) is 0 Å². The molecule has 1 aromatic heterocycles. The Morgan fingerprint density at radius 3 is 3.30 bits per heavy atom. The van der Waals surface area contributed by atoms with Crippen LogP contribution in [-0.2, 0) is 17.8 Å². The maximum absolute atomic E-state index is 5.27. The van der Waals surface area contributed by atoms with Gasteiger partial charge in [0.1, 0.15) is 0 Å². The zero-order valence-electron chi connectivity index (χ0n) is 5.48. The van der Waals surface area contributed by atoms with Gasteiger partial charge < -0.3 is 9.72 Å². The molecule has 2 rings (SSSR count). The Bertz CT molecular complexity index is 220. The number of rotatable bonds is 0. The zero-order valence-corrected chi connectivity index (χ0v) is 7.07. The highest BCUT2D eigenvalue weighted by Crippen LogP contribution is 2.20. The van der Waals surface area contributed by atoms with Crippen LogP contribution in [-0.4, -0.2) is 11.6 Å². The van der Waals surface area contributed by atoms with E-state index in [-0.39, 0.29) is 0 Å². The Morgan fingerprint density at radius 2 is 2.50 bits per heavy atom. The number of hydrogen-bond donors (Lipinski definition) is 1. The number of ether oxygens (including phenoxy) is 1. The maximum atomic E-state index is 5.27. The third-order valence-electron chi connectivity index (χ3n) is 1.71. The van der Waals surface area contributed by atoms with E-state index in [1.807, 2.05) is 0 Å². The molecule has 0 aromatic carbocycles. The summed E-state index contributed by atoms with van der Waals surface area (Å²) < 4.78 is 6.33. The molecule has 1 aromatic rings. The van der Waals surface area contributed by atoms with E-state index >= 15 is 0 Å². The molecule has 0 amide bonds. The van der Waals surface area contributed by atoms with Crippen molar-refractivity contribution in [2.24, 2.45) is 0 Å². The molecule has 0 bridgehead atoms. The normalized spacial score (nSPS) is 16.9. The zero-order chi connectivity index (χ0) is 6.97. The summed E-state index contributed by atoms with van der Waals surface area (Å²) >= 11 is 3.38. The number of hydrogen-bond acceptors (Lipinski definition) is 1. The highest BCUT2D eigenvalue weighted by Gasteiger charge is 2.10. The SMILES string of the molecule is Brc1cc2c([nH]1)CCOC2. The second-order valence-electron chi connectivity index (χ2n) is 2.42. The fourth-order valence-electron chi connectivity index (χ4n) is 1.21. The third kappa shape index (κ3) is 0.995. The molecule has 1 N–H and O–H groups in total. The number of fused-ring (bicyclic) bond motifs is 1. The summed E-state index contributed by atoms with van der Waals surface area (Å²) in [5.74, 6) is 0. The van der Waals surface area contributed by atoms with Gasteiger partial charge in [0, 0.05) is 12.1 Å². The minimum atomic E-state index is 0.761. The average molecular weight is 202 g/mol. The second-order valence-corrected chi connectivity index (χ2v) is 3.28. The number of aromatic nitrogens is 1. The van der Waals surface area contributed by atoms with Crippen LogP contribution in [0.2, 0.25) is 0 Å². The lowest BCUT2D eigenvalue weighted by molar-refractivity contribution is 0.110. The molecule has 0 saturated carbocycles. The molecule has 0 spiro atoms. The average Bonchev–Trinajstić information content (AvgIpc) is 2.27. The molecule has 3 heteroatoms. The summed E-state index contributed by atoms with van der Waals surface area (Å²) in [6.45, 7) is 1.61. The lowest BCUT2D eigenvalue weighted by Crippen LogP contribution is -2.07. The number of nitrogens with one attached hydrogen (secondary N) is 1. The fourth-order valence-corrected chi connectivity index (χ4v) is 1.72. The van der Waals surface area contributed by atoms with Crippen molar-refractivity contribution in [2.75, 3.05) is 6.61 Å². The maximum Gasteiger partial charge on any atom is 0.0825 e. The summed E-state index contributed by atoms with van der Waals surface area (Å²) in [7, 11) is 0. The van der Waals surface area contributed by atoms with Crippen LogP contribution in [0.15, 0.2) is 10.7 Å². The predicted octanol–water partition coefficient (Wildman–Crippen LogP) is 1.85. The van der Waals surface area contributed by atoms with Gasteiger partial charge in [0.2, 0.25) is 0 Å². The van der Waals surface area contributed by atoms with Gasteiger partial charge in [0.05, 0.1) is 17.8 Å². The number of aromatic amines is 1. The third-order valence-corrected chi connectivity index (χ3v) is 2.14. The Kier molecular flexibility index (Phi) is 1.54. The first-order valence-corrected chi connectivity index (χ1v) is 4.09. The van der Waals surface area contributed by atoms with Crippen LogP contribution >= 0.6 is 15.9 Å². The van der Waals surface area contributed by atoms with Crippen molar-refractivity contribution >= 4 is 15.9 Å².